The predicted molar refractivity (Wildman–Crippen MR) is 69.2 cm³/mol. The average Bonchev–Trinajstić information content (AvgIpc) is 2.24. The van der Waals surface area contributed by atoms with Crippen LogP contribution in [0.4, 0.5) is 5.69 Å². The highest BCUT2D eigenvalue weighted by Crippen LogP contribution is 2.23. The van der Waals surface area contributed by atoms with E-state index in [2.05, 4.69) is 24.1 Å². The fourth-order valence-corrected chi connectivity index (χ4v) is 1.83. The van der Waals surface area contributed by atoms with Crippen LogP contribution in [0.15, 0.2) is 17.2 Å². The zero-order valence-corrected chi connectivity index (χ0v) is 11.4. The van der Waals surface area contributed by atoms with Crippen molar-refractivity contribution in [2.45, 2.75) is 18.9 Å². The minimum Gasteiger partial charge on any atom is -0.479 e. The summed E-state index contributed by atoms with van der Waals surface area (Å²) in [7, 11) is -1.29. The van der Waals surface area contributed by atoms with Gasteiger partial charge in [0.25, 0.3) is 0 Å². The first-order chi connectivity index (χ1) is 7.84. The first kappa shape index (κ1) is 13.8. The number of aromatic nitrogens is 1. The largest absolute Gasteiger partial charge is 0.479 e. The third kappa shape index (κ3) is 3.89. The highest BCUT2D eigenvalue weighted by atomic mass is 32.2. The molecule has 0 unspecified atom stereocenters. The molecule has 1 atom stereocenters. The van der Waals surface area contributed by atoms with E-state index in [1.807, 2.05) is 0 Å². The molecule has 1 rings (SSSR count). The van der Waals surface area contributed by atoms with Crippen LogP contribution in [0.5, 0.6) is 5.88 Å². The fraction of sp³-hybridized carbons (Fsp3) is 0.545. The van der Waals surface area contributed by atoms with Crippen LogP contribution in [0.3, 0.4) is 0 Å². The van der Waals surface area contributed by atoms with Crippen molar-refractivity contribution in [3.05, 3.63) is 12.1 Å². The number of anilines is 1. The number of pyridine rings is 1. The maximum Gasteiger partial charge on any atom is 0.238 e. The van der Waals surface area contributed by atoms with Crippen molar-refractivity contribution in [1.29, 1.82) is 4.78 Å². The summed E-state index contributed by atoms with van der Waals surface area (Å²) in [6.07, 6.45) is 1.34. The lowest BCUT2D eigenvalue weighted by Crippen LogP contribution is -2.10. The van der Waals surface area contributed by atoms with Gasteiger partial charge in [-0.3, -0.25) is 0 Å². The Labute approximate surface area is 103 Å². The van der Waals surface area contributed by atoms with Crippen LogP contribution in [-0.4, -0.2) is 29.1 Å². The number of methoxy groups -OCH3 is 1. The number of nitrogens with zero attached hydrogens (tertiary/aromatic N) is 1. The minimum atomic E-state index is -2.80. The van der Waals surface area contributed by atoms with Gasteiger partial charge in [0, 0.05) is 12.8 Å². The summed E-state index contributed by atoms with van der Waals surface area (Å²) >= 11 is 0. The molecule has 0 saturated carbocycles. The monoisotopic (exact) mass is 257 g/mol. The average molecular weight is 257 g/mol. The predicted octanol–water partition coefficient (Wildman–Crippen LogP) is 2.19. The molecule has 0 aromatic carbocycles. The summed E-state index contributed by atoms with van der Waals surface area (Å²) in [5, 5.41) is 3.44. The summed E-state index contributed by atoms with van der Waals surface area (Å²) in [5.74, 6) is 0.885. The lowest BCUT2D eigenvalue weighted by atomic mass is 10.2. The molecule has 2 N–H and O–H groups in total. The van der Waals surface area contributed by atoms with Gasteiger partial charge in [-0.05, 0) is 18.1 Å². The second-order valence-electron chi connectivity index (χ2n) is 4.32. The van der Waals surface area contributed by atoms with Crippen molar-refractivity contribution in [3.8, 4) is 5.88 Å². The molecule has 6 heteroatoms. The Bertz CT molecular complexity index is 483. The van der Waals surface area contributed by atoms with Crippen molar-refractivity contribution < 1.29 is 8.95 Å². The summed E-state index contributed by atoms with van der Waals surface area (Å²) in [4.78, 5) is 4.09. The molecule has 0 saturated heterocycles. The summed E-state index contributed by atoms with van der Waals surface area (Å²) in [5.41, 5.74) is 0.758. The van der Waals surface area contributed by atoms with Gasteiger partial charge in [-0.1, -0.05) is 13.8 Å². The zero-order chi connectivity index (χ0) is 13.1. The zero-order valence-electron chi connectivity index (χ0n) is 10.6. The van der Waals surface area contributed by atoms with Crippen LogP contribution in [-0.2, 0) is 9.73 Å². The van der Waals surface area contributed by atoms with E-state index in [9.17, 15) is 4.21 Å². The Morgan fingerprint density at radius 1 is 1.53 bits per heavy atom. The van der Waals surface area contributed by atoms with Gasteiger partial charge in [-0.25, -0.2) is 14.0 Å². The molecule has 0 aliphatic heterocycles. The van der Waals surface area contributed by atoms with Gasteiger partial charge in [-0.2, -0.15) is 0 Å². The lowest BCUT2D eigenvalue weighted by Gasteiger charge is -2.13. The SMILES string of the molecule is COc1nc([S@](C)(=N)=O)ccc1NCC(C)C. The Morgan fingerprint density at radius 2 is 2.18 bits per heavy atom. The molecule has 17 heavy (non-hydrogen) atoms. The minimum absolute atomic E-state index is 0.240. The van der Waals surface area contributed by atoms with E-state index < -0.39 is 9.73 Å². The number of hydrogen-bond donors (Lipinski definition) is 2. The van der Waals surface area contributed by atoms with E-state index in [1.54, 1.807) is 12.1 Å². The van der Waals surface area contributed by atoms with Gasteiger partial charge in [0.05, 0.1) is 22.5 Å². The van der Waals surface area contributed by atoms with Crippen molar-refractivity contribution in [2.24, 2.45) is 5.92 Å². The van der Waals surface area contributed by atoms with E-state index in [1.165, 1.54) is 13.4 Å². The normalized spacial score (nSPS) is 14.4. The van der Waals surface area contributed by atoms with E-state index in [-0.39, 0.29) is 5.03 Å². The highest BCUT2D eigenvalue weighted by Gasteiger charge is 2.11. The maximum absolute atomic E-state index is 11.6. The second-order valence-corrected chi connectivity index (χ2v) is 6.43. The first-order valence-electron chi connectivity index (χ1n) is 5.37. The third-order valence-corrected chi connectivity index (χ3v) is 3.15. The second kappa shape index (κ2) is 5.35. The molecule has 1 aromatic rings. The molecular formula is C11H19N3O2S. The molecule has 1 heterocycles. The summed E-state index contributed by atoms with van der Waals surface area (Å²) in [6, 6.07) is 3.35. The molecule has 0 spiro atoms. The van der Waals surface area contributed by atoms with Gasteiger partial charge < -0.3 is 10.1 Å². The van der Waals surface area contributed by atoms with Crippen LogP contribution in [0.25, 0.3) is 0 Å². The van der Waals surface area contributed by atoms with Crippen LogP contribution < -0.4 is 10.1 Å². The Balaban J connectivity index is 3.02. The van der Waals surface area contributed by atoms with Crippen molar-refractivity contribution >= 4 is 15.4 Å². The summed E-state index contributed by atoms with van der Waals surface area (Å²) < 4.78 is 24.2. The molecule has 0 fully saturated rings. The van der Waals surface area contributed by atoms with Crippen LogP contribution in [0.2, 0.25) is 0 Å². The highest BCUT2D eigenvalue weighted by molar-refractivity contribution is 7.91. The van der Waals surface area contributed by atoms with Gasteiger partial charge in [0.1, 0.15) is 5.03 Å². The molecule has 0 amide bonds. The van der Waals surface area contributed by atoms with Crippen LogP contribution in [0, 0.1) is 10.7 Å². The topological polar surface area (TPSA) is 75.1 Å². The summed E-state index contributed by atoms with van der Waals surface area (Å²) in [6.45, 7) is 5.01. The molecular weight excluding hydrogens is 238 g/mol. The van der Waals surface area contributed by atoms with E-state index in [4.69, 9.17) is 9.52 Å². The molecule has 0 aliphatic carbocycles. The Morgan fingerprint density at radius 3 is 2.65 bits per heavy atom. The fourth-order valence-electron chi connectivity index (χ4n) is 1.24. The number of rotatable bonds is 5. The number of nitrogens with one attached hydrogen (secondary N) is 2. The Hall–Kier alpha value is -1.30. The lowest BCUT2D eigenvalue weighted by molar-refractivity contribution is 0.396. The third-order valence-electron chi connectivity index (χ3n) is 2.13. The first-order valence-corrected chi connectivity index (χ1v) is 7.34. The molecule has 0 radical (unpaired) electrons. The molecule has 5 nitrogen and oxygen atoms in total. The van der Waals surface area contributed by atoms with Gasteiger partial charge in [-0.15, -0.1) is 0 Å². The van der Waals surface area contributed by atoms with E-state index >= 15 is 0 Å². The van der Waals surface area contributed by atoms with Gasteiger partial charge in [0.2, 0.25) is 5.88 Å². The standard InChI is InChI=1S/C11H19N3O2S/c1-8(2)7-13-9-5-6-10(17(4,12)15)14-11(9)16-3/h5-6,8,12-13H,7H2,1-4H3/t17-/m1/s1. The van der Waals surface area contributed by atoms with Crippen molar-refractivity contribution in [1.82, 2.24) is 4.98 Å². The van der Waals surface area contributed by atoms with E-state index in [0.29, 0.717) is 11.8 Å². The number of hydrogen-bond acceptors (Lipinski definition) is 5. The van der Waals surface area contributed by atoms with Crippen molar-refractivity contribution in [2.75, 3.05) is 25.2 Å². The van der Waals surface area contributed by atoms with Gasteiger partial charge in [0.15, 0.2) is 0 Å². The smallest absolute Gasteiger partial charge is 0.238 e. The molecule has 0 bridgehead atoms. The van der Waals surface area contributed by atoms with Crippen LogP contribution in [0.1, 0.15) is 13.8 Å². The Kier molecular flexibility index (Phi) is 4.34. The molecule has 96 valence electrons. The maximum atomic E-state index is 11.6. The quantitative estimate of drug-likeness (QED) is 0.848. The number of ether oxygens (including phenoxy) is 1. The van der Waals surface area contributed by atoms with E-state index in [0.717, 1.165) is 12.2 Å². The van der Waals surface area contributed by atoms with Crippen LogP contribution >= 0.6 is 0 Å². The van der Waals surface area contributed by atoms with Crippen molar-refractivity contribution in [3.63, 3.8) is 0 Å². The molecule has 1 aromatic heterocycles. The molecule has 0 aliphatic rings. The van der Waals surface area contributed by atoms with Gasteiger partial charge >= 0.3 is 0 Å².